The van der Waals surface area contributed by atoms with E-state index in [4.69, 9.17) is 4.52 Å². The van der Waals surface area contributed by atoms with Crippen molar-refractivity contribution in [1.29, 1.82) is 0 Å². The summed E-state index contributed by atoms with van der Waals surface area (Å²) in [6, 6.07) is 6.93. The van der Waals surface area contributed by atoms with Crippen LogP contribution in [0.2, 0.25) is 0 Å². The smallest absolute Gasteiger partial charge is 0.336 e. The molecule has 1 saturated carbocycles. The summed E-state index contributed by atoms with van der Waals surface area (Å²) >= 11 is 0. The lowest BCUT2D eigenvalue weighted by Gasteiger charge is -2.03. The van der Waals surface area contributed by atoms with Gasteiger partial charge in [-0.05, 0) is 31.0 Å². The van der Waals surface area contributed by atoms with E-state index in [1.54, 1.807) is 18.3 Å². The number of carboxylic acids is 1. The summed E-state index contributed by atoms with van der Waals surface area (Å²) in [5, 5.41) is 14.0. The van der Waals surface area contributed by atoms with E-state index in [1.807, 2.05) is 6.07 Å². The lowest BCUT2D eigenvalue weighted by molar-refractivity contribution is 0.0699. The monoisotopic (exact) mass is 281 g/mol. The van der Waals surface area contributed by atoms with E-state index >= 15 is 0 Å². The zero-order chi connectivity index (χ0) is 14.4. The van der Waals surface area contributed by atoms with Gasteiger partial charge >= 0.3 is 5.97 Å². The van der Waals surface area contributed by atoms with Gasteiger partial charge in [-0.15, -0.1) is 0 Å². The van der Waals surface area contributed by atoms with Crippen molar-refractivity contribution in [3.8, 4) is 11.4 Å². The van der Waals surface area contributed by atoms with E-state index in [9.17, 15) is 9.90 Å². The average Bonchev–Trinajstić information content (AvgIpc) is 3.26. The Balaban J connectivity index is 1.98. The largest absolute Gasteiger partial charge is 0.478 e. The van der Waals surface area contributed by atoms with Gasteiger partial charge in [0.2, 0.25) is 0 Å². The zero-order valence-electron chi connectivity index (χ0n) is 11.0. The Kier molecular flexibility index (Phi) is 2.50. The highest BCUT2D eigenvalue weighted by atomic mass is 16.5. The predicted octanol–water partition coefficient (Wildman–Crippen LogP) is 2.86. The molecule has 0 atom stereocenters. The second kappa shape index (κ2) is 4.37. The van der Waals surface area contributed by atoms with Gasteiger partial charge in [-0.1, -0.05) is 11.2 Å². The van der Waals surface area contributed by atoms with Crippen LogP contribution in [0, 0.1) is 0 Å². The molecular weight excluding hydrogens is 270 g/mol. The maximum absolute atomic E-state index is 11.6. The Morgan fingerprint density at radius 3 is 2.81 bits per heavy atom. The second-order valence-corrected chi connectivity index (χ2v) is 5.10. The molecule has 3 aromatic rings. The fraction of sp³-hybridized carbons (Fsp3) is 0.200. The van der Waals surface area contributed by atoms with Crippen LogP contribution in [0.5, 0.6) is 0 Å². The minimum absolute atomic E-state index is 0.170. The Hall–Kier alpha value is -2.76. The number of carbonyl (C=O) groups is 1. The van der Waals surface area contributed by atoms with Crippen molar-refractivity contribution >= 4 is 17.1 Å². The Bertz CT molecular complexity index is 838. The third-order valence-corrected chi connectivity index (χ3v) is 3.59. The number of hydrogen-bond donors (Lipinski definition) is 1. The lowest BCUT2D eigenvalue weighted by Crippen LogP contribution is -2.01. The number of fused-ring (bicyclic) bond motifs is 1. The number of pyridine rings is 2. The zero-order valence-corrected chi connectivity index (χ0v) is 11.0. The Labute approximate surface area is 119 Å². The summed E-state index contributed by atoms with van der Waals surface area (Å²) in [6.07, 6.45) is 3.67. The Morgan fingerprint density at radius 2 is 2.14 bits per heavy atom. The summed E-state index contributed by atoms with van der Waals surface area (Å²) in [5.74, 6) is -0.712. The van der Waals surface area contributed by atoms with Crippen LogP contribution in [-0.2, 0) is 0 Å². The first-order chi connectivity index (χ1) is 10.2. The molecule has 0 unspecified atom stereocenters. The lowest BCUT2D eigenvalue weighted by atomic mass is 10.1. The molecule has 1 N–H and O–H groups in total. The number of nitrogens with zero attached hydrogens (tertiary/aromatic N) is 3. The summed E-state index contributed by atoms with van der Waals surface area (Å²) in [5.41, 5.74) is 2.22. The van der Waals surface area contributed by atoms with E-state index in [1.165, 1.54) is 6.07 Å². The molecule has 3 heterocycles. The number of rotatable bonds is 3. The minimum atomic E-state index is -1.01. The van der Waals surface area contributed by atoms with Crippen LogP contribution in [0.15, 0.2) is 35.0 Å². The van der Waals surface area contributed by atoms with Crippen LogP contribution in [-0.4, -0.2) is 26.2 Å². The molecule has 0 bridgehead atoms. The van der Waals surface area contributed by atoms with Gasteiger partial charge in [0.1, 0.15) is 0 Å². The molecule has 6 nitrogen and oxygen atoms in total. The van der Waals surface area contributed by atoms with E-state index in [-0.39, 0.29) is 11.3 Å². The fourth-order valence-electron chi connectivity index (χ4n) is 2.42. The molecule has 0 amide bonds. The highest BCUT2D eigenvalue weighted by Crippen LogP contribution is 2.43. The van der Waals surface area contributed by atoms with Crippen molar-refractivity contribution in [2.75, 3.05) is 0 Å². The number of hydrogen-bond acceptors (Lipinski definition) is 5. The van der Waals surface area contributed by atoms with E-state index < -0.39 is 5.97 Å². The summed E-state index contributed by atoms with van der Waals surface area (Å²) in [6.45, 7) is 0. The van der Waals surface area contributed by atoms with Crippen LogP contribution < -0.4 is 0 Å². The fourth-order valence-corrected chi connectivity index (χ4v) is 2.42. The molecule has 1 fully saturated rings. The van der Waals surface area contributed by atoms with Gasteiger partial charge in [-0.25, -0.2) is 9.78 Å². The molecule has 21 heavy (non-hydrogen) atoms. The summed E-state index contributed by atoms with van der Waals surface area (Å²) < 4.78 is 5.25. The highest BCUT2D eigenvalue weighted by Gasteiger charge is 2.32. The van der Waals surface area contributed by atoms with Gasteiger partial charge in [0.05, 0.1) is 28.0 Å². The van der Waals surface area contributed by atoms with E-state index in [2.05, 4.69) is 15.1 Å². The topological polar surface area (TPSA) is 89.1 Å². The molecule has 1 aliphatic rings. The molecule has 4 rings (SSSR count). The van der Waals surface area contributed by atoms with Gasteiger partial charge in [0, 0.05) is 12.1 Å². The first-order valence-electron chi connectivity index (χ1n) is 6.69. The molecule has 3 aromatic heterocycles. The van der Waals surface area contributed by atoms with Crippen molar-refractivity contribution in [2.24, 2.45) is 0 Å². The third-order valence-electron chi connectivity index (χ3n) is 3.59. The first kappa shape index (κ1) is 12.0. The van der Waals surface area contributed by atoms with E-state index in [0.29, 0.717) is 28.4 Å². The molecule has 0 aliphatic heterocycles. The van der Waals surface area contributed by atoms with Crippen LogP contribution in [0.4, 0.5) is 0 Å². The van der Waals surface area contributed by atoms with Crippen molar-refractivity contribution in [3.63, 3.8) is 0 Å². The third kappa shape index (κ3) is 1.96. The first-order valence-corrected chi connectivity index (χ1v) is 6.69. The maximum Gasteiger partial charge on any atom is 0.336 e. The van der Waals surface area contributed by atoms with Gasteiger partial charge < -0.3 is 9.63 Å². The van der Waals surface area contributed by atoms with Crippen molar-refractivity contribution in [2.45, 2.75) is 18.8 Å². The summed E-state index contributed by atoms with van der Waals surface area (Å²) in [4.78, 5) is 20.1. The van der Waals surface area contributed by atoms with Gasteiger partial charge in [-0.2, -0.15) is 0 Å². The van der Waals surface area contributed by atoms with Crippen molar-refractivity contribution < 1.29 is 14.4 Å². The highest BCUT2D eigenvalue weighted by molar-refractivity contribution is 6.03. The number of aromatic nitrogens is 3. The second-order valence-electron chi connectivity index (χ2n) is 5.10. The molecular formula is C15H11N3O3. The molecule has 1 aliphatic carbocycles. The van der Waals surface area contributed by atoms with Gasteiger partial charge in [-0.3, -0.25) is 4.98 Å². The molecule has 0 saturated heterocycles. The standard InChI is InChI=1S/C15H11N3O3/c19-15(20)9-7-11(10-3-1-2-6-16-10)17-14-12(9)13(18-21-14)8-4-5-8/h1-3,6-8H,4-5H2,(H,19,20). The van der Waals surface area contributed by atoms with E-state index in [0.717, 1.165) is 12.8 Å². The van der Waals surface area contributed by atoms with Crippen molar-refractivity contribution in [1.82, 2.24) is 15.1 Å². The van der Waals surface area contributed by atoms with Gasteiger partial charge in [0.25, 0.3) is 5.71 Å². The van der Waals surface area contributed by atoms with Gasteiger partial charge in [0.15, 0.2) is 0 Å². The Morgan fingerprint density at radius 1 is 1.29 bits per heavy atom. The predicted molar refractivity (Wildman–Crippen MR) is 74.0 cm³/mol. The average molecular weight is 281 g/mol. The van der Waals surface area contributed by atoms with Crippen molar-refractivity contribution in [3.05, 3.63) is 41.7 Å². The molecule has 0 aromatic carbocycles. The maximum atomic E-state index is 11.6. The SMILES string of the molecule is O=C(O)c1cc(-c2ccccn2)nc2onc(C3CC3)c12. The van der Waals surface area contributed by atoms with Crippen LogP contribution in [0.1, 0.15) is 34.8 Å². The molecule has 6 heteroatoms. The minimum Gasteiger partial charge on any atom is -0.478 e. The number of aromatic carboxylic acids is 1. The molecule has 104 valence electrons. The molecule has 0 spiro atoms. The normalized spacial score (nSPS) is 14.5. The molecule has 0 radical (unpaired) electrons. The quantitative estimate of drug-likeness (QED) is 0.794. The van der Waals surface area contributed by atoms with Crippen LogP contribution in [0.25, 0.3) is 22.5 Å². The summed E-state index contributed by atoms with van der Waals surface area (Å²) in [7, 11) is 0. The van der Waals surface area contributed by atoms with Crippen LogP contribution in [0.3, 0.4) is 0 Å². The number of carboxylic acid groups (broad SMARTS) is 1. The van der Waals surface area contributed by atoms with Crippen LogP contribution >= 0.6 is 0 Å².